The Labute approximate surface area is 226 Å². The fourth-order valence-electron chi connectivity index (χ4n) is 4.90. The number of carbonyl (C=O) groups excluding carboxylic acids is 1. The molecule has 1 aliphatic heterocycles. The predicted octanol–water partition coefficient (Wildman–Crippen LogP) is 4.57. The summed E-state index contributed by atoms with van der Waals surface area (Å²) in [5.41, 5.74) is 6.71. The number of carbonyl (C=O) groups is 1. The number of primary amides is 1. The second-order valence-corrected chi connectivity index (χ2v) is 9.57. The number of hydrogen-bond acceptors (Lipinski definition) is 6. The number of aromatic amines is 1. The van der Waals surface area contributed by atoms with Crippen molar-refractivity contribution in [2.45, 2.75) is 32.1 Å². The lowest BCUT2D eigenvalue weighted by Gasteiger charge is -2.17. The van der Waals surface area contributed by atoms with Crippen LogP contribution in [0.1, 0.15) is 38.3 Å². The minimum absolute atomic E-state index is 0.0442. The number of halogens is 4. The number of benzene rings is 2. The summed E-state index contributed by atoms with van der Waals surface area (Å²) in [5, 5.41) is 19.4. The third-order valence-electron chi connectivity index (χ3n) is 6.80. The first kappa shape index (κ1) is 27.3. The maximum absolute atomic E-state index is 14.7. The molecule has 3 heterocycles. The summed E-state index contributed by atoms with van der Waals surface area (Å²) in [6.45, 7) is 2.14. The van der Waals surface area contributed by atoms with Gasteiger partial charge in [-0.1, -0.05) is 12.1 Å². The van der Waals surface area contributed by atoms with Crippen molar-refractivity contribution in [3.05, 3.63) is 94.1 Å². The van der Waals surface area contributed by atoms with Gasteiger partial charge in [-0.2, -0.15) is 18.3 Å². The first-order valence-electron chi connectivity index (χ1n) is 12.5. The predicted molar refractivity (Wildman–Crippen MR) is 140 cm³/mol. The van der Waals surface area contributed by atoms with Gasteiger partial charge < -0.3 is 16.2 Å². The second-order valence-electron chi connectivity index (χ2n) is 9.57. The molecule has 0 saturated heterocycles. The highest BCUT2D eigenvalue weighted by molar-refractivity contribution is 6.00. The highest BCUT2D eigenvalue weighted by Crippen LogP contribution is 2.39. The Bertz CT molecular complexity index is 1550. The van der Waals surface area contributed by atoms with E-state index in [0.29, 0.717) is 30.3 Å². The Balaban J connectivity index is 1.31. The molecule has 0 saturated carbocycles. The Morgan fingerprint density at radius 3 is 2.65 bits per heavy atom. The lowest BCUT2D eigenvalue weighted by molar-refractivity contribution is -0.137. The van der Waals surface area contributed by atoms with Gasteiger partial charge in [-0.15, -0.1) is 0 Å². The molecule has 1 aliphatic rings. The number of nitrogens with zero attached hydrogens (tertiary/aromatic N) is 3. The van der Waals surface area contributed by atoms with Gasteiger partial charge in [0.15, 0.2) is 0 Å². The SMILES string of the molecule is NC(=O)c1cccc(C(F)(F)F)c1-c1ccc(F)c(CCc2cc(Nc3cc4c(cn3)CN(CCO)C4)[nH]n2)c1. The minimum atomic E-state index is -4.74. The summed E-state index contributed by atoms with van der Waals surface area (Å²) in [7, 11) is 0. The van der Waals surface area contributed by atoms with E-state index in [2.05, 4.69) is 25.4 Å². The van der Waals surface area contributed by atoms with Crippen LogP contribution in [0.3, 0.4) is 0 Å². The van der Waals surface area contributed by atoms with Crippen molar-refractivity contribution in [3.8, 4) is 11.1 Å². The topological polar surface area (TPSA) is 120 Å². The summed E-state index contributed by atoms with van der Waals surface area (Å²) in [4.78, 5) is 18.5. The third-order valence-corrected chi connectivity index (χ3v) is 6.80. The van der Waals surface area contributed by atoms with E-state index in [4.69, 9.17) is 10.8 Å². The number of aromatic nitrogens is 3. The molecule has 1 amide bonds. The number of aliphatic hydroxyl groups excluding tert-OH is 1. The zero-order valence-electron chi connectivity index (χ0n) is 21.2. The van der Waals surface area contributed by atoms with Crippen LogP contribution in [0.25, 0.3) is 11.1 Å². The number of aliphatic hydroxyl groups is 1. The van der Waals surface area contributed by atoms with Gasteiger partial charge in [0.2, 0.25) is 5.91 Å². The summed E-state index contributed by atoms with van der Waals surface area (Å²) in [5.74, 6) is -0.400. The molecular formula is C28H26F4N6O2. The largest absolute Gasteiger partial charge is 0.417 e. The maximum Gasteiger partial charge on any atom is 0.417 e. The molecular weight excluding hydrogens is 528 g/mol. The molecule has 8 nitrogen and oxygen atoms in total. The molecule has 0 spiro atoms. The number of β-amino-alcohol motifs (C(OH)–C–C–N with tert-alkyl or cyclic N) is 1. The van der Waals surface area contributed by atoms with E-state index in [0.717, 1.165) is 42.4 Å². The molecule has 0 fully saturated rings. The zero-order chi connectivity index (χ0) is 28.4. The average Bonchev–Trinajstić information content (AvgIpc) is 3.53. The number of alkyl halides is 3. The van der Waals surface area contributed by atoms with Crippen LogP contribution >= 0.6 is 0 Å². The van der Waals surface area contributed by atoms with E-state index >= 15 is 0 Å². The van der Waals surface area contributed by atoms with Crippen LogP contribution in [0.2, 0.25) is 0 Å². The molecule has 4 aromatic rings. The number of anilines is 2. The van der Waals surface area contributed by atoms with Gasteiger partial charge in [-0.3, -0.25) is 14.8 Å². The molecule has 0 bridgehead atoms. The van der Waals surface area contributed by atoms with E-state index in [1.165, 1.54) is 18.2 Å². The fourth-order valence-corrected chi connectivity index (χ4v) is 4.90. The minimum Gasteiger partial charge on any atom is -0.395 e. The van der Waals surface area contributed by atoms with Crippen molar-refractivity contribution in [2.24, 2.45) is 5.73 Å². The molecule has 5 rings (SSSR count). The summed E-state index contributed by atoms with van der Waals surface area (Å²) < 4.78 is 55.9. The van der Waals surface area contributed by atoms with Gasteiger partial charge in [0.1, 0.15) is 17.5 Å². The Kier molecular flexibility index (Phi) is 7.55. The van der Waals surface area contributed by atoms with Gasteiger partial charge >= 0.3 is 6.18 Å². The lowest BCUT2D eigenvalue weighted by Crippen LogP contribution is -2.20. The Morgan fingerprint density at radius 1 is 1.10 bits per heavy atom. The Hall–Kier alpha value is -4.29. The van der Waals surface area contributed by atoms with Crippen LogP contribution in [0.5, 0.6) is 0 Å². The summed E-state index contributed by atoms with van der Waals surface area (Å²) in [6, 6.07) is 10.5. The van der Waals surface area contributed by atoms with E-state index < -0.39 is 23.5 Å². The highest BCUT2D eigenvalue weighted by Gasteiger charge is 2.35. The molecule has 0 unspecified atom stereocenters. The molecule has 12 heteroatoms. The van der Waals surface area contributed by atoms with Crippen LogP contribution in [-0.4, -0.2) is 44.2 Å². The summed E-state index contributed by atoms with van der Waals surface area (Å²) in [6.07, 6.45) is -2.49. The lowest BCUT2D eigenvalue weighted by atomic mass is 9.91. The van der Waals surface area contributed by atoms with Gasteiger partial charge in [0, 0.05) is 43.0 Å². The van der Waals surface area contributed by atoms with Crippen molar-refractivity contribution < 1.29 is 27.5 Å². The van der Waals surface area contributed by atoms with Crippen LogP contribution in [0.15, 0.2) is 54.7 Å². The summed E-state index contributed by atoms with van der Waals surface area (Å²) >= 11 is 0. The first-order valence-corrected chi connectivity index (χ1v) is 12.5. The number of nitrogens with two attached hydrogens (primary N) is 1. The van der Waals surface area contributed by atoms with E-state index in [9.17, 15) is 22.4 Å². The number of pyridine rings is 1. The van der Waals surface area contributed by atoms with E-state index in [1.807, 2.05) is 6.07 Å². The highest BCUT2D eigenvalue weighted by atomic mass is 19.4. The van der Waals surface area contributed by atoms with E-state index in [-0.39, 0.29) is 35.3 Å². The van der Waals surface area contributed by atoms with Gasteiger partial charge in [0.25, 0.3) is 0 Å². The monoisotopic (exact) mass is 554 g/mol. The molecule has 0 atom stereocenters. The van der Waals surface area contributed by atoms with Crippen LogP contribution < -0.4 is 11.1 Å². The quantitative estimate of drug-likeness (QED) is 0.225. The Morgan fingerprint density at radius 2 is 1.90 bits per heavy atom. The average molecular weight is 555 g/mol. The number of H-pyrrole nitrogens is 1. The van der Waals surface area contributed by atoms with Gasteiger partial charge in [0.05, 0.1) is 17.9 Å². The molecule has 40 heavy (non-hydrogen) atoms. The third kappa shape index (κ3) is 5.82. The number of hydrogen-bond donors (Lipinski definition) is 4. The number of amides is 1. The smallest absolute Gasteiger partial charge is 0.395 e. The molecule has 2 aromatic carbocycles. The van der Waals surface area contributed by atoms with Crippen molar-refractivity contribution in [2.75, 3.05) is 18.5 Å². The second kappa shape index (κ2) is 11.1. The fraction of sp³-hybridized carbons (Fsp3) is 0.250. The maximum atomic E-state index is 14.7. The van der Waals surface area contributed by atoms with Crippen molar-refractivity contribution in [1.29, 1.82) is 0 Å². The van der Waals surface area contributed by atoms with Crippen LogP contribution in [0, 0.1) is 5.82 Å². The molecule has 208 valence electrons. The number of rotatable bonds is 9. The first-order chi connectivity index (χ1) is 19.1. The van der Waals surface area contributed by atoms with Crippen molar-refractivity contribution in [3.63, 3.8) is 0 Å². The van der Waals surface area contributed by atoms with Gasteiger partial charge in [-0.05, 0) is 65.4 Å². The normalized spacial score (nSPS) is 13.4. The molecule has 0 aliphatic carbocycles. The zero-order valence-corrected chi connectivity index (χ0v) is 21.2. The van der Waals surface area contributed by atoms with E-state index in [1.54, 1.807) is 12.3 Å². The molecule has 5 N–H and O–H groups in total. The molecule has 2 aromatic heterocycles. The van der Waals surface area contributed by atoms with Crippen LogP contribution in [0.4, 0.5) is 29.2 Å². The standard InChI is InChI=1S/C28H26F4N6O2/c29-23-7-5-17(26-21(27(33)40)2-1-3-22(26)28(30,31)32)10-16(23)4-6-20-12-25(37-36-20)35-24-11-18-14-38(8-9-39)15-19(18)13-34-24/h1-3,5,7,10-13,39H,4,6,8-9,14-15H2,(H2,33,40)(H2,34,35,36,37). The molecule has 0 radical (unpaired) electrons. The number of nitrogens with one attached hydrogen (secondary N) is 2. The van der Waals surface area contributed by atoms with Gasteiger partial charge in [-0.25, -0.2) is 9.37 Å². The number of aryl methyl sites for hydroxylation is 2. The van der Waals surface area contributed by atoms with Crippen LogP contribution in [-0.2, 0) is 32.1 Å². The van der Waals surface area contributed by atoms with Crippen molar-refractivity contribution in [1.82, 2.24) is 20.1 Å². The van der Waals surface area contributed by atoms with Crippen molar-refractivity contribution >= 4 is 17.5 Å². The number of fused-ring (bicyclic) bond motifs is 1.